The van der Waals surface area contributed by atoms with E-state index in [4.69, 9.17) is 0 Å². The van der Waals surface area contributed by atoms with E-state index in [0.29, 0.717) is 0 Å². The number of ether oxygens (including phenoxy) is 1. The van der Waals surface area contributed by atoms with E-state index in [1.165, 1.54) is 6.47 Å². The van der Waals surface area contributed by atoms with Crippen molar-refractivity contribution in [3.8, 4) is 0 Å². The topological polar surface area (TPSA) is 38.3 Å². The second-order valence-corrected chi connectivity index (χ2v) is 2.15. The molecule has 0 bridgehead atoms. The average Bonchev–Trinajstić information content (AvgIpc) is 1.89. The van der Waals surface area contributed by atoms with Crippen LogP contribution in [0.15, 0.2) is 0 Å². The van der Waals surface area contributed by atoms with Crippen LogP contribution < -0.4 is 5.32 Å². The van der Waals surface area contributed by atoms with E-state index in [-0.39, 0.29) is 6.23 Å². The van der Waals surface area contributed by atoms with E-state index in [2.05, 4.69) is 17.0 Å². The van der Waals surface area contributed by atoms with E-state index < -0.39 is 0 Å². The molecule has 3 nitrogen and oxygen atoms in total. The summed E-state index contributed by atoms with van der Waals surface area (Å²) in [6.45, 7) is 6.16. The lowest BCUT2D eigenvalue weighted by molar-refractivity contribution is 0.159. The molecule has 0 amide bonds. The van der Waals surface area contributed by atoms with Crippen molar-refractivity contribution in [2.75, 3.05) is 6.54 Å². The lowest BCUT2D eigenvalue weighted by atomic mass is 10.3. The fourth-order valence-electron chi connectivity index (χ4n) is 0.596. The average molecular weight is 144 g/mol. The lowest BCUT2D eigenvalue weighted by Gasteiger charge is -2.09. The molecule has 0 saturated heterocycles. The largest absolute Gasteiger partial charge is 0.438 e. The Morgan fingerprint density at radius 2 is 2.40 bits per heavy atom. The maximum atomic E-state index is 9.66. The van der Waals surface area contributed by atoms with Gasteiger partial charge in [0.1, 0.15) is 0 Å². The number of nitrogens with one attached hydrogen (secondary N) is 1. The monoisotopic (exact) mass is 144 g/mol. The van der Waals surface area contributed by atoms with E-state index in [1.807, 2.05) is 0 Å². The van der Waals surface area contributed by atoms with Crippen molar-refractivity contribution in [1.82, 2.24) is 5.32 Å². The summed E-state index contributed by atoms with van der Waals surface area (Å²) in [4.78, 5) is 9.66. The fraction of sp³-hybridized carbons (Fsp3) is 0.857. The third-order valence-electron chi connectivity index (χ3n) is 1.19. The van der Waals surface area contributed by atoms with E-state index in [1.54, 1.807) is 6.92 Å². The first kappa shape index (κ1) is 9.43. The summed E-state index contributed by atoms with van der Waals surface area (Å²) < 4.78 is 4.47. The molecule has 10 heavy (non-hydrogen) atoms. The molecule has 0 spiro atoms. The predicted molar refractivity (Wildman–Crippen MR) is 39.2 cm³/mol. The molecule has 0 aliphatic heterocycles. The van der Waals surface area contributed by atoms with Crippen molar-refractivity contribution < 1.29 is 9.53 Å². The van der Waals surface area contributed by atoms with E-state index in [0.717, 1.165) is 19.4 Å². The molecule has 3 heteroatoms. The van der Waals surface area contributed by atoms with Crippen LogP contribution in [0.1, 0.15) is 26.7 Å². The lowest BCUT2D eigenvalue weighted by Crippen LogP contribution is -2.29. The van der Waals surface area contributed by atoms with Gasteiger partial charge in [0.2, 0.25) is 0 Å². The Kier molecular flexibility index (Phi) is 6.18. The van der Waals surface area contributed by atoms with Crippen molar-refractivity contribution in [2.24, 2.45) is 0 Å². The molecule has 0 fully saturated rings. The quantitative estimate of drug-likeness (QED) is 0.443. The van der Waals surface area contributed by atoms with Gasteiger partial charge in [-0.2, -0.15) is 0 Å². The Hall–Kier alpha value is -0.570. The van der Waals surface area contributed by atoms with Gasteiger partial charge in [0.15, 0.2) is 6.23 Å². The zero-order valence-corrected chi connectivity index (χ0v) is 6.52. The molecule has 1 unspecified atom stereocenters. The number of hydrogen-bond donors (Lipinski definition) is 1. The highest BCUT2D eigenvalue weighted by atomic mass is 16.5. The minimum absolute atomic E-state index is 0.205. The number of rotatable bonds is 6. The zero-order chi connectivity index (χ0) is 7.82. The molecule has 0 aromatic heterocycles. The molecule has 1 N–H and O–H groups in total. The van der Waals surface area contributed by atoms with Crippen molar-refractivity contribution in [2.45, 2.75) is 32.9 Å². The van der Waals surface area contributed by atoms with Crippen LogP contribution in [0.25, 0.3) is 0 Å². The molecule has 0 aliphatic rings. The Balaban J connectivity index is 3.04. The number of unbranched alkanes of at least 4 members (excludes halogenated alkanes) is 1. The van der Waals surface area contributed by atoms with E-state index in [9.17, 15) is 4.79 Å². The van der Waals surface area contributed by atoms with Gasteiger partial charge in [-0.25, -0.2) is 4.79 Å². The van der Waals surface area contributed by atoms with Gasteiger partial charge in [-0.15, -0.1) is 0 Å². The number of carbonyl (C=O) groups excluding carboxylic acids is 1. The summed E-state index contributed by atoms with van der Waals surface area (Å²) in [5.74, 6) is 0. The summed E-state index contributed by atoms with van der Waals surface area (Å²) in [6, 6.07) is 0. The van der Waals surface area contributed by atoms with E-state index >= 15 is 0 Å². The maximum Gasteiger partial charge on any atom is 0.419 e. The highest BCUT2D eigenvalue weighted by molar-refractivity contribution is 5.38. The second kappa shape index (κ2) is 6.55. The van der Waals surface area contributed by atoms with Crippen LogP contribution in [0.3, 0.4) is 0 Å². The van der Waals surface area contributed by atoms with Crippen LogP contribution in [0.2, 0.25) is 0 Å². The van der Waals surface area contributed by atoms with Gasteiger partial charge >= 0.3 is 6.47 Å². The van der Waals surface area contributed by atoms with Crippen LogP contribution in [-0.4, -0.2) is 19.2 Å². The van der Waals surface area contributed by atoms with Crippen LogP contribution >= 0.6 is 0 Å². The van der Waals surface area contributed by atoms with Crippen LogP contribution in [0.5, 0.6) is 0 Å². The molecule has 0 aliphatic carbocycles. The van der Waals surface area contributed by atoms with Crippen molar-refractivity contribution in [3.05, 3.63) is 0 Å². The third kappa shape index (κ3) is 5.56. The highest BCUT2D eigenvalue weighted by Gasteiger charge is 1.97. The van der Waals surface area contributed by atoms with Crippen LogP contribution in [-0.2, 0) is 9.53 Å². The van der Waals surface area contributed by atoms with Gasteiger partial charge in [0.25, 0.3) is 0 Å². The second-order valence-electron chi connectivity index (χ2n) is 2.15. The SMILES string of the molecule is CCCCNC(C)O[C]=O. The minimum atomic E-state index is -0.205. The highest BCUT2D eigenvalue weighted by Crippen LogP contribution is 1.86. The fourth-order valence-corrected chi connectivity index (χ4v) is 0.596. The summed E-state index contributed by atoms with van der Waals surface area (Å²) in [5.41, 5.74) is 0. The van der Waals surface area contributed by atoms with Crippen LogP contribution in [0.4, 0.5) is 0 Å². The Morgan fingerprint density at radius 3 is 2.90 bits per heavy atom. The number of hydrogen-bond acceptors (Lipinski definition) is 3. The van der Waals surface area contributed by atoms with Gasteiger partial charge in [-0.1, -0.05) is 13.3 Å². The molecule has 0 aromatic carbocycles. The molecule has 0 saturated carbocycles. The van der Waals surface area contributed by atoms with Gasteiger partial charge in [-0.3, -0.25) is 5.32 Å². The third-order valence-corrected chi connectivity index (χ3v) is 1.19. The summed E-state index contributed by atoms with van der Waals surface area (Å²) >= 11 is 0. The first-order valence-corrected chi connectivity index (χ1v) is 3.57. The summed E-state index contributed by atoms with van der Waals surface area (Å²) in [6.07, 6.45) is 2.04. The zero-order valence-electron chi connectivity index (χ0n) is 6.52. The van der Waals surface area contributed by atoms with Crippen molar-refractivity contribution in [1.29, 1.82) is 0 Å². The van der Waals surface area contributed by atoms with Crippen molar-refractivity contribution >= 4 is 6.47 Å². The standard InChI is InChI=1S/C7H14NO2/c1-3-4-5-8-7(2)10-6-9/h7-8H,3-5H2,1-2H3. The van der Waals surface area contributed by atoms with Gasteiger partial charge in [0, 0.05) is 0 Å². The smallest absolute Gasteiger partial charge is 0.419 e. The molecule has 1 radical (unpaired) electrons. The van der Waals surface area contributed by atoms with Gasteiger partial charge in [0.05, 0.1) is 0 Å². The first-order chi connectivity index (χ1) is 4.81. The normalized spacial score (nSPS) is 12.6. The van der Waals surface area contributed by atoms with Gasteiger partial charge < -0.3 is 4.74 Å². The maximum absolute atomic E-state index is 9.66. The molecule has 0 rings (SSSR count). The molecule has 59 valence electrons. The molecular weight excluding hydrogens is 130 g/mol. The molecule has 0 heterocycles. The summed E-state index contributed by atoms with van der Waals surface area (Å²) in [7, 11) is 0. The minimum Gasteiger partial charge on any atom is -0.438 e. The molecular formula is C7H14NO2. The Morgan fingerprint density at radius 1 is 1.70 bits per heavy atom. The first-order valence-electron chi connectivity index (χ1n) is 3.57. The molecule has 0 aromatic rings. The molecule has 1 atom stereocenters. The Bertz CT molecular complexity index is 85.7. The van der Waals surface area contributed by atoms with Crippen molar-refractivity contribution in [3.63, 3.8) is 0 Å². The Labute approximate surface area is 61.8 Å². The summed E-state index contributed by atoms with van der Waals surface area (Å²) in [5, 5.41) is 3.00. The van der Waals surface area contributed by atoms with Crippen LogP contribution in [0, 0.1) is 0 Å². The predicted octanol–water partition coefficient (Wildman–Crippen LogP) is 0.806. The van der Waals surface area contributed by atoms with Gasteiger partial charge in [-0.05, 0) is 19.9 Å².